The van der Waals surface area contributed by atoms with Crippen molar-refractivity contribution in [1.29, 1.82) is 0 Å². The van der Waals surface area contributed by atoms with Crippen molar-refractivity contribution in [3.63, 3.8) is 0 Å². The molecular formula is C9H10ClFO2. The molecule has 0 aliphatic carbocycles. The van der Waals surface area contributed by atoms with Crippen LogP contribution in [0.15, 0.2) is 12.1 Å². The number of hydrogen-bond donors (Lipinski definition) is 2. The summed E-state index contributed by atoms with van der Waals surface area (Å²) in [4.78, 5) is 0. The summed E-state index contributed by atoms with van der Waals surface area (Å²) < 4.78 is 13.1. The highest BCUT2D eigenvalue weighted by Crippen LogP contribution is 2.36. The van der Waals surface area contributed by atoms with Crippen molar-refractivity contribution in [1.82, 2.24) is 0 Å². The minimum absolute atomic E-state index is 0.0264. The van der Waals surface area contributed by atoms with Gasteiger partial charge < -0.3 is 10.2 Å². The van der Waals surface area contributed by atoms with Crippen LogP contribution in [0.5, 0.6) is 5.75 Å². The molecule has 0 aliphatic rings. The molecule has 0 saturated carbocycles. The number of benzene rings is 1. The smallest absolute Gasteiger partial charge is 0.143 e. The lowest BCUT2D eigenvalue weighted by Gasteiger charge is -2.20. The van der Waals surface area contributed by atoms with E-state index >= 15 is 0 Å². The molecule has 0 heterocycles. The number of aromatic hydroxyl groups is 1. The molecule has 0 atom stereocenters. The van der Waals surface area contributed by atoms with Crippen LogP contribution in [0.4, 0.5) is 4.39 Å². The van der Waals surface area contributed by atoms with Gasteiger partial charge in [-0.1, -0.05) is 11.6 Å². The summed E-state index contributed by atoms with van der Waals surface area (Å²) in [5.74, 6) is -1.08. The number of phenols is 1. The number of phenolic OH excluding ortho intramolecular Hbond substituents is 1. The van der Waals surface area contributed by atoms with Crippen molar-refractivity contribution >= 4 is 11.6 Å². The van der Waals surface area contributed by atoms with Crippen LogP contribution in [0, 0.1) is 5.82 Å². The Morgan fingerprint density at radius 2 is 1.92 bits per heavy atom. The van der Waals surface area contributed by atoms with Crippen LogP contribution in [0.1, 0.15) is 19.4 Å². The summed E-state index contributed by atoms with van der Waals surface area (Å²) in [6.45, 7) is 2.75. The Labute approximate surface area is 80.6 Å². The largest absolute Gasteiger partial charge is 0.506 e. The molecule has 1 aromatic rings. The van der Waals surface area contributed by atoms with Gasteiger partial charge in [0, 0.05) is 0 Å². The quantitative estimate of drug-likeness (QED) is 0.738. The molecule has 0 bridgehead atoms. The highest BCUT2D eigenvalue weighted by Gasteiger charge is 2.25. The van der Waals surface area contributed by atoms with E-state index in [4.69, 9.17) is 11.6 Å². The van der Waals surface area contributed by atoms with Gasteiger partial charge in [-0.2, -0.15) is 0 Å². The Hall–Kier alpha value is -0.800. The zero-order valence-electron chi connectivity index (χ0n) is 7.31. The van der Waals surface area contributed by atoms with E-state index in [0.717, 1.165) is 6.07 Å². The van der Waals surface area contributed by atoms with Gasteiger partial charge in [-0.25, -0.2) is 4.39 Å². The van der Waals surface area contributed by atoms with Crippen molar-refractivity contribution in [2.45, 2.75) is 19.4 Å². The number of aliphatic hydroxyl groups is 1. The third-order valence-corrected chi connectivity index (χ3v) is 1.99. The maximum atomic E-state index is 13.1. The number of hydrogen-bond acceptors (Lipinski definition) is 2. The Balaban J connectivity index is 3.43. The Kier molecular flexibility index (Phi) is 2.50. The standard InChI is InChI=1S/C9H10ClFO2/c1-9(2,13)7-6(11)4-3-5(10)8(7)12/h3-4,12-13H,1-2H3. The van der Waals surface area contributed by atoms with Crippen molar-refractivity contribution in [3.8, 4) is 5.75 Å². The Bertz CT molecular complexity index is 331. The molecule has 72 valence electrons. The monoisotopic (exact) mass is 204 g/mol. The third-order valence-electron chi connectivity index (χ3n) is 1.69. The molecular weight excluding hydrogens is 195 g/mol. The van der Waals surface area contributed by atoms with E-state index in [1.807, 2.05) is 0 Å². The zero-order chi connectivity index (χ0) is 10.2. The average molecular weight is 205 g/mol. The second-order valence-electron chi connectivity index (χ2n) is 3.31. The van der Waals surface area contributed by atoms with Gasteiger partial charge in [0.1, 0.15) is 11.6 Å². The van der Waals surface area contributed by atoms with Gasteiger partial charge in [0.25, 0.3) is 0 Å². The van der Waals surface area contributed by atoms with Crippen molar-refractivity contribution in [2.24, 2.45) is 0 Å². The molecule has 2 N–H and O–H groups in total. The molecule has 1 rings (SSSR count). The van der Waals surface area contributed by atoms with E-state index in [9.17, 15) is 14.6 Å². The minimum Gasteiger partial charge on any atom is -0.506 e. The van der Waals surface area contributed by atoms with Crippen LogP contribution in [-0.4, -0.2) is 10.2 Å². The predicted octanol–water partition coefficient (Wildman–Crippen LogP) is 2.41. The SMILES string of the molecule is CC(C)(O)c1c(F)ccc(Cl)c1O. The van der Waals surface area contributed by atoms with Gasteiger partial charge in [0.2, 0.25) is 0 Å². The Morgan fingerprint density at radius 1 is 1.38 bits per heavy atom. The summed E-state index contributed by atoms with van der Waals surface area (Å²) in [7, 11) is 0. The first kappa shape index (κ1) is 10.3. The van der Waals surface area contributed by atoms with Crippen molar-refractivity contribution in [2.75, 3.05) is 0 Å². The van der Waals surface area contributed by atoms with Gasteiger partial charge >= 0.3 is 0 Å². The lowest BCUT2D eigenvalue weighted by atomic mass is 9.97. The van der Waals surface area contributed by atoms with E-state index in [1.54, 1.807) is 0 Å². The van der Waals surface area contributed by atoms with Crippen LogP contribution in [-0.2, 0) is 5.60 Å². The molecule has 0 unspecified atom stereocenters. The van der Waals surface area contributed by atoms with Gasteiger partial charge in [-0.15, -0.1) is 0 Å². The second kappa shape index (κ2) is 3.16. The molecule has 2 nitrogen and oxygen atoms in total. The summed E-state index contributed by atoms with van der Waals surface area (Å²) in [5, 5.41) is 18.9. The number of halogens is 2. The minimum atomic E-state index is -1.45. The van der Waals surface area contributed by atoms with Crippen LogP contribution < -0.4 is 0 Å². The van der Waals surface area contributed by atoms with Crippen LogP contribution in [0.2, 0.25) is 5.02 Å². The first-order valence-electron chi connectivity index (χ1n) is 3.74. The Morgan fingerprint density at radius 3 is 2.31 bits per heavy atom. The lowest BCUT2D eigenvalue weighted by Crippen LogP contribution is -2.17. The molecule has 0 spiro atoms. The van der Waals surface area contributed by atoms with E-state index in [0.29, 0.717) is 0 Å². The van der Waals surface area contributed by atoms with Crippen molar-refractivity contribution < 1.29 is 14.6 Å². The van der Waals surface area contributed by atoms with E-state index in [1.165, 1.54) is 19.9 Å². The van der Waals surface area contributed by atoms with E-state index in [2.05, 4.69) is 0 Å². The fourth-order valence-electron chi connectivity index (χ4n) is 1.12. The second-order valence-corrected chi connectivity index (χ2v) is 3.72. The van der Waals surface area contributed by atoms with Gasteiger partial charge in [0.05, 0.1) is 16.2 Å². The van der Waals surface area contributed by atoms with Gasteiger partial charge in [-0.05, 0) is 26.0 Å². The summed E-state index contributed by atoms with van der Waals surface area (Å²) in [6.07, 6.45) is 0. The lowest BCUT2D eigenvalue weighted by molar-refractivity contribution is 0.0716. The van der Waals surface area contributed by atoms with Crippen LogP contribution in [0.3, 0.4) is 0 Å². The fourth-order valence-corrected chi connectivity index (χ4v) is 1.28. The summed E-state index contributed by atoms with van der Waals surface area (Å²) >= 11 is 5.56. The molecule has 0 radical (unpaired) electrons. The van der Waals surface area contributed by atoms with Gasteiger partial charge in [-0.3, -0.25) is 0 Å². The van der Waals surface area contributed by atoms with E-state index in [-0.39, 0.29) is 10.6 Å². The normalized spacial score (nSPS) is 11.8. The number of rotatable bonds is 1. The zero-order valence-corrected chi connectivity index (χ0v) is 8.06. The maximum absolute atomic E-state index is 13.1. The third kappa shape index (κ3) is 1.92. The summed E-state index contributed by atoms with van der Waals surface area (Å²) in [6, 6.07) is 2.34. The predicted molar refractivity (Wildman–Crippen MR) is 48.3 cm³/mol. The van der Waals surface area contributed by atoms with Crippen LogP contribution >= 0.6 is 11.6 Å². The first-order chi connectivity index (χ1) is 5.84. The topological polar surface area (TPSA) is 40.5 Å². The fraction of sp³-hybridized carbons (Fsp3) is 0.333. The molecule has 13 heavy (non-hydrogen) atoms. The maximum Gasteiger partial charge on any atom is 0.143 e. The molecule has 0 amide bonds. The van der Waals surface area contributed by atoms with Gasteiger partial charge in [0.15, 0.2) is 0 Å². The average Bonchev–Trinajstić information content (AvgIpc) is 1.95. The molecule has 0 saturated heterocycles. The highest BCUT2D eigenvalue weighted by atomic mass is 35.5. The molecule has 0 aromatic heterocycles. The molecule has 0 fully saturated rings. The molecule has 4 heteroatoms. The molecule has 1 aromatic carbocycles. The highest BCUT2D eigenvalue weighted by molar-refractivity contribution is 6.32. The van der Waals surface area contributed by atoms with Crippen molar-refractivity contribution in [3.05, 3.63) is 28.5 Å². The van der Waals surface area contributed by atoms with Crippen LogP contribution in [0.25, 0.3) is 0 Å². The molecule has 0 aliphatic heterocycles. The summed E-state index contributed by atoms with van der Waals surface area (Å²) in [5.41, 5.74) is -1.63. The van der Waals surface area contributed by atoms with E-state index < -0.39 is 17.2 Å². The first-order valence-corrected chi connectivity index (χ1v) is 4.11.